The molecule has 0 N–H and O–H groups in total. The van der Waals surface area contributed by atoms with E-state index in [-0.39, 0.29) is 11.8 Å². The van der Waals surface area contributed by atoms with Gasteiger partial charge in [-0.15, -0.1) is 11.8 Å². The number of hydrogen-bond donors (Lipinski definition) is 0. The first-order valence-electron chi connectivity index (χ1n) is 11.5. The number of carbonyl (C=O) groups excluding carboxylic acids is 2. The van der Waals surface area contributed by atoms with Crippen molar-refractivity contribution in [3.05, 3.63) is 66.1 Å². The molecule has 7 nitrogen and oxygen atoms in total. The van der Waals surface area contributed by atoms with Crippen LogP contribution in [0.4, 0.5) is 0 Å². The van der Waals surface area contributed by atoms with Crippen LogP contribution in [0.15, 0.2) is 59.8 Å². The molecule has 1 saturated heterocycles. The first-order chi connectivity index (χ1) is 16.1. The third kappa shape index (κ3) is 5.57. The Hall–Kier alpha value is -2.84. The summed E-state index contributed by atoms with van der Waals surface area (Å²) in [7, 11) is 0. The van der Waals surface area contributed by atoms with E-state index in [1.165, 1.54) is 0 Å². The lowest BCUT2D eigenvalue weighted by Crippen LogP contribution is -2.51. The molecular weight excluding hydrogens is 434 g/mol. The van der Waals surface area contributed by atoms with Gasteiger partial charge in [-0.3, -0.25) is 14.5 Å². The Balaban J connectivity index is 1.36. The van der Waals surface area contributed by atoms with E-state index in [0.29, 0.717) is 25.4 Å². The molecule has 0 spiro atoms. The summed E-state index contributed by atoms with van der Waals surface area (Å²) >= 11 is 1.64. The fourth-order valence-electron chi connectivity index (χ4n) is 4.12. The summed E-state index contributed by atoms with van der Waals surface area (Å²) in [6.07, 6.45) is 4.02. The van der Waals surface area contributed by atoms with Crippen molar-refractivity contribution in [2.24, 2.45) is 0 Å². The van der Waals surface area contributed by atoms with Gasteiger partial charge in [0.15, 0.2) is 0 Å². The smallest absolute Gasteiger partial charge is 0.255 e. The quantitative estimate of drug-likeness (QED) is 0.478. The highest BCUT2D eigenvalue weighted by atomic mass is 32.2. The van der Waals surface area contributed by atoms with Gasteiger partial charge in [0.2, 0.25) is 5.91 Å². The fourth-order valence-corrected chi connectivity index (χ4v) is 5.05. The minimum Gasteiger partial charge on any atom is -0.342 e. The molecular formula is C25H31N5O2S. The molecule has 1 aromatic carbocycles. The summed E-state index contributed by atoms with van der Waals surface area (Å²) in [4.78, 5) is 37.2. The zero-order valence-corrected chi connectivity index (χ0v) is 20.1. The van der Waals surface area contributed by atoms with Gasteiger partial charge in [0.25, 0.3) is 5.91 Å². The number of fused-ring (bicyclic) bond motifs is 1. The number of benzene rings is 1. The highest BCUT2D eigenvalue weighted by molar-refractivity contribution is 7.98. The maximum atomic E-state index is 13.3. The third-order valence-electron chi connectivity index (χ3n) is 6.04. The zero-order valence-electron chi connectivity index (χ0n) is 19.3. The average molecular weight is 466 g/mol. The van der Waals surface area contributed by atoms with Gasteiger partial charge in [0.1, 0.15) is 5.65 Å². The molecule has 0 saturated carbocycles. The number of imidazole rings is 1. The number of carbonyl (C=O) groups is 2. The Kier molecular flexibility index (Phi) is 7.67. The molecule has 33 heavy (non-hydrogen) atoms. The van der Waals surface area contributed by atoms with E-state index < -0.39 is 0 Å². The van der Waals surface area contributed by atoms with Gasteiger partial charge >= 0.3 is 0 Å². The van der Waals surface area contributed by atoms with Gasteiger partial charge < -0.3 is 14.2 Å². The third-order valence-corrected chi connectivity index (χ3v) is 7.15. The van der Waals surface area contributed by atoms with E-state index in [0.717, 1.165) is 48.0 Å². The SMILES string of the molecule is CCN(CC)C(=O)CN1CCN(C(=O)c2ccccc2SCc2cn3ccccc3n2)CC1. The highest BCUT2D eigenvalue weighted by Gasteiger charge is 2.25. The predicted molar refractivity (Wildman–Crippen MR) is 131 cm³/mol. The van der Waals surface area contributed by atoms with E-state index in [1.54, 1.807) is 11.8 Å². The molecule has 174 valence electrons. The van der Waals surface area contributed by atoms with Crippen LogP contribution in [0.3, 0.4) is 0 Å². The second-order valence-electron chi connectivity index (χ2n) is 8.12. The van der Waals surface area contributed by atoms with Gasteiger partial charge in [-0.2, -0.15) is 0 Å². The Bertz CT molecular complexity index is 1070. The molecule has 0 unspecified atom stereocenters. The first kappa shape index (κ1) is 23.3. The van der Waals surface area contributed by atoms with Gasteiger partial charge in [-0.1, -0.05) is 18.2 Å². The number of rotatable bonds is 8. The molecule has 0 radical (unpaired) electrons. The Morgan fingerprint density at radius 3 is 2.45 bits per heavy atom. The number of likely N-dealkylation sites (N-methyl/N-ethyl adjacent to an activating group) is 1. The maximum absolute atomic E-state index is 13.3. The second-order valence-corrected chi connectivity index (χ2v) is 9.13. The van der Waals surface area contributed by atoms with Crippen molar-refractivity contribution in [1.82, 2.24) is 24.1 Å². The van der Waals surface area contributed by atoms with Crippen molar-refractivity contribution < 1.29 is 9.59 Å². The summed E-state index contributed by atoms with van der Waals surface area (Å²) < 4.78 is 2.01. The second kappa shape index (κ2) is 10.9. The molecule has 3 heterocycles. The van der Waals surface area contributed by atoms with Crippen LogP contribution in [0.2, 0.25) is 0 Å². The topological polar surface area (TPSA) is 61.2 Å². The normalized spacial score (nSPS) is 14.5. The van der Waals surface area contributed by atoms with Crippen molar-refractivity contribution in [2.45, 2.75) is 24.5 Å². The molecule has 0 atom stereocenters. The molecule has 1 fully saturated rings. The van der Waals surface area contributed by atoms with E-state index in [4.69, 9.17) is 0 Å². The monoisotopic (exact) mass is 465 g/mol. The molecule has 8 heteroatoms. The number of hydrogen-bond acceptors (Lipinski definition) is 5. The summed E-state index contributed by atoms with van der Waals surface area (Å²) in [6, 6.07) is 13.8. The van der Waals surface area contributed by atoms with Crippen LogP contribution >= 0.6 is 11.8 Å². The zero-order chi connectivity index (χ0) is 23.2. The minimum atomic E-state index is 0.0582. The molecule has 0 aliphatic carbocycles. The number of piperazine rings is 1. The first-order valence-corrected chi connectivity index (χ1v) is 12.5. The van der Waals surface area contributed by atoms with Crippen molar-refractivity contribution in [2.75, 3.05) is 45.8 Å². The highest BCUT2D eigenvalue weighted by Crippen LogP contribution is 2.27. The van der Waals surface area contributed by atoms with Crippen LogP contribution in [0.25, 0.3) is 5.65 Å². The van der Waals surface area contributed by atoms with Gasteiger partial charge in [-0.05, 0) is 38.1 Å². The minimum absolute atomic E-state index is 0.0582. The largest absolute Gasteiger partial charge is 0.342 e. The summed E-state index contributed by atoms with van der Waals surface area (Å²) in [5.41, 5.74) is 2.65. The summed E-state index contributed by atoms with van der Waals surface area (Å²) in [5.74, 6) is 0.920. The van der Waals surface area contributed by atoms with Crippen molar-refractivity contribution in [1.29, 1.82) is 0 Å². The Labute approximate surface area is 199 Å². The number of nitrogens with zero attached hydrogens (tertiary/aromatic N) is 5. The van der Waals surface area contributed by atoms with Crippen molar-refractivity contribution in [3.8, 4) is 0 Å². The van der Waals surface area contributed by atoms with E-state index in [2.05, 4.69) is 9.88 Å². The summed E-state index contributed by atoms with van der Waals surface area (Å²) in [5, 5.41) is 0. The van der Waals surface area contributed by atoms with Gasteiger partial charge in [0, 0.05) is 62.3 Å². The number of pyridine rings is 1. The molecule has 1 aliphatic heterocycles. The molecule has 4 rings (SSSR count). The maximum Gasteiger partial charge on any atom is 0.255 e. The number of amides is 2. The van der Waals surface area contributed by atoms with Crippen LogP contribution in [0.5, 0.6) is 0 Å². The van der Waals surface area contributed by atoms with Gasteiger partial charge in [0.05, 0.1) is 17.8 Å². The van der Waals surface area contributed by atoms with Crippen LogP contribution in [-0.4, -0.2) is 81.7 Å². The average Bonchev–Trinajstić information content (AvgIpc) is 3.27. The van der Waals surface area contributed by atoms with E-state index >= 15 is 0 Å². The van der Waals surface area contributed by atoms with Gasteiger partial charge in [-0.25, -0.2) is 4.98 Å². The predicted octanol–water partition coefficient (Wildman–Crippen LogP) is 3.25. The van der Waals surface area contributed by atoms with Crippen LogP contribution in [0, 0.1) is 0 Å². The molecule has 3 aromatic rings. The van der Waals surface area contributed by atoms with Crippen molar-refractivity contribution in [3.63, 3.8) is 0 Å². The molecule has 1 aliphatic rings. The Morgan fingerprint density at radius 2 is 1.73 bits per heavy atom. The van der Waals surface area contributed by atoms with Crippen LogP contribution < -0.4 is 0 Å². The van der Waals surface area contributed by atoms with Crippen LogP contribution in [0.1, 0.15) is 29.9 Å². The Morgan fingerprint density at radius 1 is 1.00 bits per heavy atom. The lowest BCUT2D eigenvalue weighted by molar-refractivity contribution is -0.132. The van der Waals surface area contributed by atoms with E-state index in [9.17, 15) is 9.59 Å². The standard InChI is InChI=1S/C25H31N5O2S/c1-3-28(4-2)24(31)18-27-13-15-29(16-14-27)25(32)21-9-5-6-10-22(21)33-19-20-17-30-12-8-7-11-23(30)26-20/h5-12,17H,3-4,13-16,18-19H2,1-2H3. The fraction of sp³-hybridized carbons (Fsp3) is 0.400. The van der Waals surface area contributed by atoms with Crippen molar-refractivity contribution >= 4 is 29.2 Å². The summed E-state index contributed by atoms with van der Waals surface area (Å²) in [6.45, 7) is 8.60. The van der Waals surface area contributed by atoms with Crippen LogP contribution in [-0.2, 0) is 10.5 Å². The number of thioether (sulfide) groups is 1. The molecule has 2 aromatic heterocycles. The van der Waals surface area contributed by atoms with E-state index in [1.807, 2.05) is 82.9 Å². The lowest BCUT2D eigenvalue weighted by Gasteiger charge is -2.35. The molecule has 0 bridgehead atoms. The molecule has 2 amide bonds. The lowest BCUT2D eigenvalue weighted by atomic mass is 10.2. The number of aromatic nitrogens is 2.